The van der Waals surface area contributed by atoms with Crippen LogP contribution < -0.4 is 11.1 Å². The van der Waals surface area contributed by atoms with Crippen molar-refractivity contribution in [3.63, 3.8) is 0 Å². The third-order valence-corrected chi connectivity index (χ3v) is 6.61. The fraction of sp³-hybridized carbons (Fsp3) is 0.571. The molecule has 0 radical (unpaired) electrons. The predicted octanol–water partition coefficient (Wildman–Crippen LogP) is 3.01. The van der Waals surface area contributed by atoms with Crippen LogP contribution in [-0.4, -0.2) is 66.5 Å². The molecule has 0 atom stereocenters. The molecule has 0 aliphatic heterocycles. The number of benzene rings is 1. The number of rotatable bonds is 15. The molecule has 1 aromatic carbocycles. The number of nitrogens with zero attached hydrogens (tertiary/aromatic N) is 7. The van der Waals surface area contributed by atoms with Crippen LogP contribution in [0.25, 0.3) is 0 Å². The first-order valence-electron chi connectivity index (χ1n) is 14.0. The molecule has 0 aliphatic rings. The maximum absolute atomic E-state index is 10.6. The SMILES string of the molecule is CC(C)(C)N/C=C(\N)CN(Cc1cn(Cc2ccc(CCCCOS(=O)(=O)O)cc2)nn1)Cc1cn(C(C)(C)C)nn1. The molecule has 232 valence electrons. The summed E-state index contributed by atoms with van der Waals surface area (Å²) in [6, 6.07) is 8.18. The van der Waals surface area contributed by atoms with Gasteiger partial charge < -0.3 is 11.1 Å². The molecule has 0 unspecified atom stereocenters. The van der Waals surface area contributed by atoms with E-state index in [9.17, 15) is 8.42 Å². The Labute approximate surface area is 249 Å². The smallest absolute Gasteiger partial charge is 0.397 e. The quantitative estimate of drug-likeness (QED) is 0.173. The zero-order chi connectivity index (χ0) is 31.0. The first kappa shape index (κ1) is 33.2. The van der Waals surface area contributed by atoms with Crippen molar-refractivity contribution in [2.45, 2.75) is 91.5 Å². The van der Waals surface area contributed by atoms with E-state index in [-0.39, 0.29) is 17.7 Å². The van der Waals surface area contributed by atoms with E-state index in [4.69, 9.17) is 10.3 Å². The topological polar surface area (TPSA) is 166 Å². The van der Waals surface area contributed by atoms with E-state index in [1.807, 2.05) is 52.2 Å². The van der Waals surface area contributed by atoms with E-state index >= 15 is 0 Å². The van der Waals surface area contributed by atoms with Crippen molar-refractivity contribution in [2.24, 2.45) is 5.73 Å². The normalized spacial score (nSPS) is 13.2. The molecular formula is C28H45N9O4S. The van der Waals surface area contributed by atoms with Crippen molar-refractivity contribution in [1.29, 1.82) is 0 Å². The zero-order valence-corrected chi connectivity index (χ0v) is 26.3. The van der Waals surface area contributed by atoms with Gasteiger partial charge in [-0.2, -0.15) is 8.42 Å². The first-order chi connectivity index (χ1) is 19.6. The van der Waals surface area contributed by atoms with E-state index < -0.39 is 10.4 Å². The first-order valence-corrected chi connectivity index (χ1v) is 15.4. The number of hydrogen-bond acceptors (Lipinski definition) is 10. The lowest BCUT2D eigenvalue weighted by atomic mass is 10.1. The van der Waals surface area contributed by atoms with Crippen LogP contribution in [0.3, 0.4) is 0 Å². The molecule has 0 saturated carbocycles. The fourth-order valence-electron chi connectivity index (χ4n) is 4.02. The van der Waals surface area contributed by atoms with E-state index in [0.29, 0.717) is 38.3 Å². The molecule has 0 amide bonds. The van der Waals surface area contributed by atoms with Gasteiger partial charge in [-0.25, -0.2) is 13.5 Å². The number of aromatic nitrogens is 6. The standard InChI is InChI=1S/C28H45N9O4S/c1-27(2,3)30-15-24(29)17-35(19-26-21-37(34-32-26)28(4,5)6)18-25-20-36(33-31-25)16-23-12-10-22(11-13-23)9-7-8-14-41-42(38,39)40/h10-13,15,20-21,30H,7-9,14,16-19,29H2,1-6H3,(H,38,39,40)/b24-15-. The lowest BCUT2D eigenvalue weighted by Gasteiger charge is -2.23. The summed E-state index contributed by atoms with van der Waals surface area (Å²) in [6.07, 6.45) is 7.82. The van der Waals surface area contributed by atoms with Crippen LogP contribution in [0, 0.1) is 0 Å². The third kappa shape index (κ3) is 12.3. The van der Waals surface area contributed by atoms with Crippen LogP contribution in [0.5, 0.6) is 0 Å². The van der Waals surface area contributed by atoms with Crippen LogP contribution in [0.2, 0.25) is 0 Å². The van der Waals surface area contributed by atoms with Gasteiger partial charge in [0.2, 0.25) is 0 Å². The molecule has 42 heavy (non-hydrogen) atoms. The Hall–Kier alpha value is -3.33. The molecule has 2 aromatic heterocycles. The average Bonchev–Trinajstić information content (AvgIpc) is 3.52. The summed E-state index contributed by atoms with van der Waals surface area (Å²) in [5.41, 5.74) is 10.7. The number of aryl methyl sites for hydroxylation is 1. The van der Waals surface area contributed by atoms with Gasteiger partial charge in [0.25, 0.3) is 0 Å². The Bertz CT molecular complexity index is 1400. The van der Waals surface area contributed by atoms with Gasteiger partial charge in [-0.1, -0.05) is 34.7 Å². The molecule has 4 N–H and O–H groups in total. The molecule has 14 heteroatoms. The van der Waals surface area contributed by atoms with E-state index in [0.717, 1.165) is 35.4 Å². The van der Waals surface area contributed by atoms with E-state index in [2.05, 4.69) is 76.6 Å². The van der Waals surface area contributed by atoms with Crippen LogP contribution in [0.1, 0.15) is 76.9 Å². The highest BCUT2D eigenvalue weighted by Crippen LogP contribution is 2.15. The van der Waals surface area contributed by atoms with Gasteiger partial charge in [0.05, 0.1) is 42.5 Å². The summed E-state index contributed by atoms with van der Waals surface area (Å²) in [4.78, 5) is 2.16. The van der Waals surface area contributed by atoms with E-state index in [1.165, 1.54) is 0 Å². The number of nitrogens with two attached hydrogens (primary N) is 1. The molecule has 3 aromatic rings. The lowest BCUT2D eigenvalue weighted by molar-refractivity contribution is 0.262. The second-order valence-electron chi connectivity index (χ2n) is 12.5. The van der Waals surface area contributed by atoms with Crippen LogP contribution in [0.4, 0.5) is 0 Å². The van der Waals surface area contributed by atoms with Gasteiger partial charge >= 0.3 is 10.4 Å². The van der Waals surface area contributed by atoms with Crippen molar-refractivity contribution >= 4 is 10.4 Å². The Morgan fingerprint density at radius 1 is 1.00 bits per heavy atom. The summed E-state index contributed by atoms with van der Waals surface area (Å²) < 4.78 is 37.9. The molecule has 0 spiro atoms. The number of unbranched alkanes of at least 4 members (excludes halogenated alkanes) is 1. The zero-order valence-electron chi connectivity index (χ0n) is 25.5. The largest absolute Gasteiger partial charge is 0.400 e. The van der Waals surface area contributed by atoms with Crippen molar-refractivity contribution in [2.75, 3.05) is 13.2 Å². The predicted molar refractivity (Wildman–Crippen MR) is 160 cm³/mol. The van der Waals surface area contributed by atoms with Gasteiger partial charge in [-0.15, -0.1) is 10.2 Å². The van der Waals surface area contributed by atoms with Crippen molar-refractivity contribution < 1.29 is 17.2 Å². The third-order valence-electron chi connectivity index (χ3n) is 6.14. The minimum atomic E-state index is -4.37. The number of hydrogen-bond donors (Lipinski definition) is 3. The number of nitrogens with one attached hydrogen (secondary N) is 1. The molecule has 0 saturated heterocycles. The van der Waals surface area contributed by atoms with Gasteiger partial charge in [-0.05, 0) is 71.9 Å². The molecule has 0 bridgehead atoms. The van der Waals surface area contributed by atoms with Crippen LogP contribution >= 0.6 is 0 Å². The van der Waals surface area contributed by atoms with Crippen LogP contribution in [-0.2, 0) is 46.2 Å². The van der Waals surface area contributed by atoms with Gasteiger partial charge in [0.1, 0.15) is 0 Å². The van der Waals surface area contributed by atoms with Gasteiger partial charge in [-0.3, -0.25) is 9.45 Å². The monoisotopic (exact) mass is 603 g/mol. The Balaban J connectivity index is 1.60. The average molecular weight is 604 g/mol. The van der Waals surface area contributed by atoms with E-state index in [1.54, 1.807) is 0 Å². The molecule has 0 aliphatic carbocycles. The minimum Gasteiger partial charge on any atom is -0.400 e. The summed E-state index contributed by atoms with van der Waals surface area (Å²) >= 11 is 0. The highest BCUT2D eigenvalue weighted by atomic mass is 32.3. The molecule has 3 rings (SSSR count). The molecule has 2 heterocycles. The molecular weight excluding hydrogens is 558 g/mol. The van der Waals surface area contributed by atoms with Crippen molar-refractivity contribution in [3.8, 4) is 0 Å². The summed E-state index contributed by atoms with van der Waals surface area (Å²) in [6.45, 7) is 14.6. The highest BCUT2D eigenvalue weighted by Gasteiger charge is 2.18. The Kier molecular flexibility index (Phi) is 11.2. The van der Waals surface area contributed by atoms with Crippen LogP contribution in [0.15, 0.2) is 48.6 Å². The van der Waals surface area contributed by atoms with Crippen molar-refractivity contribution in [3.05, 3.63) is 71.1 Å². The minimum absolute atomic E-state index is 0.0310. The summed E-state index contributed by atoms with van der Waals surface area (Å²) in [7, 11) is -4.37. The Morgan fingerprint density at radius 3 is 2.21 bits per heavy atom. The Morgan fingerprint density at radius 2 is 1.62 bits per heavy atom. The molecule has 13 nitrogen and oxygen atoms in total. The maximum Gasteiger partial charge on any atom is 0.397 e. The molecule has 0 fully saturated rings. The second-order valence-corrected chi connectivity index (χ2v) is 13.6. The highest BCUT2D eigenvalue weighted by molar-refractivity contribution is 7.80. The van der Waals surface area contributed by atoms with Crippen molar-refractivity contribution in [1.82, 2.24) is 40.2 Å². The lowest BCUT2D eigenvalue weighted by Crippen LogP contribution is -2.34. The maximum atomic E-state index is 10.6. The fourth-order valence-corrected chi connectivity index (χ4v) is 4.35. The summed E-state index contributed by atoms with van der Waals surface area (Å²) in [5, 5.41) is 20.7. The summed E-state index contributed by atoms with van der Waals surface area (Å²) in [5.74, 6) is 0. The second kappa shape index (κ2) is 14.2. The van der Waals surface area contributed by atoms with Gasteiger partial charge in [0, 0.05) is 37.1 Å². The van der Waals surface area contributed by atoms with Gasteiger partial charge in [0.15, 0.2) is 0 Å².